The Balaban J connectivity index is 1.78. The van der Waals surface area contributed by atoms with Crippen LogP contribution < -0.4 is 5.14 Å². The van der Waals surface area contributed by atoms with E-state index in [9.17, 15) is 13.2 Å². The van der Waals surface area contributed by atoms with E-state index in [0.717, 1.165) is 18.6 Å². The Labute approximate surface area is 118 Å². The number of nitrogens with two attached hydrogens (primary N) is 1. The van der Waals surface area contributed by atoms with Gasteiger partial charge in [-0.25, -0.2) is 13.6 Å². The number of hydrogen-bond donors (Lipinski definition) is 1. The first kappa shape index (κ1) is 13.6. The molecular weight excluding hydrogens is 280 g/mol. The van der Waals surface area contributed by atoms with E-state index in [1.165, 1.54) is 6.26 Å². The largest absolute Gasteiger partial charge is 0.468 e. The number of sulfonamides is 1. The molecule has 20 heavy (non-hydrogen) atoms. The van der Waals surface area contributed by atoms with Crippen molar-refractivity contribution in [2.45, 2.75) is 36.9 Å². The average Bonchev–Trinajstić information content (AvgIpc) is 3.15. The van der Waals surface area contributed by atoms with Crippen LogP contribution in [0.5, 0.6) is 0 Å². The SMILES string of the molecule is NS(=O)(=O)C1CCCN(C(=O)c2ccoc2C2CC2)C1. The number of likely N-dealkylation sites (tertiary alicyclic amines) is 1. The Morgan fingerprint density at radius 1 is 1.35 bits per heavy atom. The van der Waals surface area contributed by atoms with E-state index in [1.54, 1.807) is 11.0 Å². The van der Waals surface area contributed by atoms with Crippen LogP contribution in [0.2, 0.25) is 0 Å². The normalized spacial score (nSPS) is 23.9. The molecule has 7 heteroatoms. The Kier molecular flexibility index (Phi) is 3.33. The van der Waals surface area contributed by atoms with Crippen LogP contribution in [0.1, 0.15) is 47.7 Å². The molecule has 2 N–H and O–H groups in total. The second-order valence-corrected chi connectivity index (χ2v) is 7.42. The van der Waals surface area contributed by atoms with Crippen molar-refractivity contribution in [3.05, 3.63) is 23.7 Å². The number of primary sulfonamides is 1. The lowest BCUT2D eigenvalue weighted by Gasteiger charge is -2.31. The highest BCUT2D eigenvalue weighted by Gasteiger charge is 2.35. The van der Waals surface area contributed by atoms with Crippen molar-refractivity contribution in [1.29, 1.82) is 0 Å². The quantitative estimate of drug-likeness (QED) is 0.902. The molecule has 0 aromatic carbocycles. The molecule has 1 saturated heterocycles. The van der Waals surface area contributed by atoms with Crippen LogP contribution in [-0.4, -0.2) is 37.6 Å². The highest BCUT2D eigenvalue weighted by molar-refractivity contribution is 7.89. The number of rotatable bonds is 3. The predicted octanol–water partition coefficient (Wildman–Crippen LogP) is 1.05. The van der Waals surface area contributed by atoms with Gasteiger partial charge in [0, 0.05) is 19.0 Å². The van der Waals surface area contributed by atoms with E-state index >= 15 is 0 Å². The summed E-state index contributed by atoms with van der Waals surface area (Å²) in [5, 5.41) is 4.54. The van der Waals surface area contributed by atoms with Gasteiger partial charge in [0.15, 0.2) is 0 Å². The van der Waals surface area contributed by atoms with Crippen molar-refractivity contribution < 1.29 is 17.6 Å². The van der Waals surface area contributed by atoms with Crippen molar-refractivity contribution in [3.63, 3.8) is 0 Å². The molecule has 1 aliphatic heterocycles. The maximum Gasteiger partial charge on any atom is 0.257 e. The summed E-state index contributed by atoms with van der Waals surface area (Å²) in [7, 11) is -3.59. The molecule has 1 aromatic rings. The second kappa shape index (κ2) is 4.89. The minimum Gasteiger partial charge on any atom is -0.468 e. The average molecular weight is 298 g/mol. The molecule has 6 nitrogen and oxygen atoms in total. The van der Waals surface area contributed by atoms with Crippen LogP contribution in [0, 0.1) is 0 Å². The highest BCUT2D eigenvalue weighted by atomic mass is 32.2. The summed E-state index contributed by atoms with van der Waals surface area (Å²) in [6.45, 7) is 0.743. The van der Waals surface area contributed by atoms with Gasteiger partial charge in [0.1, 0.15) is 5.76 Å². The third-order valence-corrected chi connectivity index (χ3v) is 5.32. The summed E-state index contributed by atoms with van der Waals surface area (Å²) in [4.78, 5) is 14.1. The van der Waals surface area contributed by atoms with Gasteiger partial charge in [-0.1, -0.05) is 0 Å². The van der Waals surface area contributed by atoms with Crippen LogP contribution in [0.4, 0.5) is 0 Å². The Hall–Kier alpha value is -1.34. The fourth-order valence-electron chi connectivity index (χ4n) is 2.72. The number of hydrogen-bond acceptors (Lipinski definition) is 4. The molecule has 0 bridgehead atoms. The maximum atomic E-state index is 12.5. The minimum absolute atomic E-state index is 0.144. The van der Waals surface area contributed by atoms with Gasteiger partial charge >= 0.3 is 0 Å². The number of carbonyl (C=O) groups is 1. The third kappa shape index (κ3) is 2.60. The first-order valence-corrected chi connectivity index (χ1v) is 8.46. The van der Waals surface area contributed by atoms with Gasteiger partial charge in [-0.3, -0.25) is 4.79 Å². The molecule has 2 fully saturated rings. The lowest BCUT2D eigenvalue weighted by atomic mass is 10.1. The van der Waals surface area contributed by atoms with Gasteiger partial charge < -0.3 is 9.32 Å². The van der Waals surface area contributed by atoms with Gasteiger partial charge in [0.2, 0.25) is 10.0 Å². The molecule has 0 radical (unpaired) electrons. The summed E-state index contributed by atoms with van der Waals surface area (Å²) in [6.07, 6.45) is 4.80. The Morgan fingerprint density at radius 3 is 2.75 bits per heavy atom. The molecule has 2 aliphatic rings. The minimum atomic E-state index is -3.59. The van der Waals surface area contributed by atoms with E-state index in [4.69, 9.17) is 9.56 Å². The predicted molar refractivity (Wildman–Crippen MR) is 72.7 cm³/mol. The van der Waals surface area contributed by atoms with E-state index in [2.05, 4.69) is 0 Å². The first-order chi connectivity index (χ1) is 9.47. The maximum absolute atomic E-state index is 12.5. The molecule has 110 valence electrons. The second-order valence-electron chi connectivity index (χ2n) is 5.58. The zero-order chi connectivity index (χ0) is 14.3. The number of furan rings is 1. The third-order valence-electron chi connectivity index (χ3n) is 4.00. The number of amides is 1. The fourth-order valence-corrected chi connectivity index (χ4v) is 3.60. The van der Waals surface area contributed by atoms with Crippen LogP contribution in [-0.2, 0) is 10.0 Å². The summed E-state index contributed by atoms with van der Waals surface area (Å²) in [5.41, 5.74) is 0.572. The van der Waals surface area contributed by atoms with Crippen LogP contribution >= 0.6 is 0 Å². The van der Waals surface area contributed by atoms with E-state index in [-0.39, 0.29) is 12.5 Å². The van der Waals surface area contributed by atoms with Gasteiger partial charge in [-0.2, -0.15) is 0 Å². The zero-order valence-corrected chi connectivity index (χ0v) is 11.9. The Bertz CT molecular complexity index is 618. The zero-order valence-electron chi connectivity index (χ0n) is 11.1. The van der Waals surface area contributed by atoms with Gasteiger partial charge in [-0.05, 0) is 31.7 Å². The van der Waals surface area contributed by atoms with E-state index < -0.39 is 15.3 Å². The monoisotopic (exact) mass is 298 g/mol. The van der Waals surface area contributed by atoms with Gasteiger partial charge in [0.05, 0.1) is 17.1 Å². The standard InChI is InChI=1S/C13H18N2O4S/c14-20(17,18)10-2-1-6-15(8-10)13(16)11-5-7-19-12(11)9-3-4-9/h5,7,9-10H,1-4,6,8H2,(H2,14,17,18). The molecule has 0 spiro atoms. The topological polar surface area (TPSA) is 93.6 Å². The van der Waals surface area contributed by atoms with Gasteiger partial charge in [-0.15, -0.1) is 0 Å². The number of piperidine rings is 1. The molecule has 1 amide bonds. The fraction of sp³-hybridized carbons (Fsp3) is 0.615. The first-order valence-electron chi connectivity index (χ1n) is 6.85. The summed E-state index contributed by atoms with van der Waals surface area (Å²) >= 11 is 0. The molecule has 1 aromatic heterocycles. The summed E-state index contributed by atoms with van der Waals surface area (Å²) in [6, 6.07) is 1.68. The van der Waals surface area contributed by atoms with Crippen molar-refractivity contribution in [1.82, 2.24) is 4.90 Å². The molecule has 3 rings (SSSR count). The molecule has 1 aliphatic carbocycles. The van der Waals surface area contributed by atoms with Crippen LogP contribution in [0.15, 0.2) is 16.7 Å². The lowest BCUT2D eigenvalue weighted by molar-refractivity contribution is 0.0724. The van der Waals surface area contributed by atoms with Gasteiger partial charge in [0.25, 0.3) is 5.91 Å². The molecule has 1 atom stereocenters. The lowest BCUT2D eigenvalue weighted by Crippen LogP contribution is -2.47. The summed E-state index contributed by atoms with van der Waals surface area (Å²) < 4.78 is 28.3. The Morgan fingerprint density at radius 2 is 2.10 bits per heavy atom. The van der Waals surface area contributed by atoms with Crippen molar-refractivity contribution >= 4 is 15.9 Å². The molecule has 2 heterocycles. The smallest absolute Gasteiger partial charge is 0.257 e. The van der Waals surface area contributed by atoms with Crippen molar-refractivity contribution in [3.8, 4) is 0 Å². The van der Waals surface area contributed by atoms with Crippen LogP contribution in [0.25, 0.3) is 0 Å². The summed E-state index contributed by atoms with van der Waals surface area (Å²) in [5.74, 6) is 0.949. The number of nitrogens with zero attached hydrogens (tertiary/aromatic N) is 1. The van der Waals surface area contributed by atoms with Crippen LogP contribution in [0.3, 0.4) is 0 Å². The van der Waals surface area contributed by atoms with Crippen molar-refractivity contribution in [2.75, 3.05) is 13.1 Å². The molecule has 1 saturated carbocycles. The van der Waals surface area contributed by atoms with Crippen molar-refractivity contribution in [2.24, 2.45) is 5.14 Å². The van der Waals surface area contributed by atoms with E-state index in [0.29, 0.717) is 30.9 Å². The molecular formula is C13H18N2O4S. The highest BCUT2D eigenvalue weighted by Crippen LogP contribution is 2.42. The van der Waals surface area contributed by atoms with E-state index in [1.807, 2.05) is 0 Å². The molecule has 1 unspecified atom stereocenters. The number of carbonyl (C=O) groups excluding carboxylic acids is 1.